The van der Waals surface area contributed by atoms with E-state index in [0.29, 0.717) is 5.56 Å². The molecule has 2 atom stereocenters. The number of anilines is 1. The van der Waals surface area contributed by atoms with Crippen molar-refractivity contribution >= 4 is 23.5 Å². The van der Waals surface area contributed by atoms with Crippen molar-refractivity contribution in [2.24, 2.45) is 0 Å². The Labute approximate surface area is 183 Å². The summed E-state index contributed by atoms with van der Waals surface area (Å²) in [6.45, 7) is 9.76. The molecule has 1 fully saturated rings. The van der Waals surface area contributed by atoms with Crippen molar-refractivity contribution in [3.8, 4) is 0 Å². The standard InChI is InChI=1S/C25H29N3O3/c1-16-14-17-8-6-7-9-20(17)28(16)21(29)15-27-22(30)25(5,26-23(27)31)19-12-10-18(11-13-19)24(2,3)4/h6-13,16H,14-15H2,1-5H3,(H,26,31)/t16-,25-/m0/s1. The van der Waals surface area contributed by atoms with Gasteiger partial charge in [-0.1, -0.05) is 63.2 Å². The average Bonchev–Trinajstić information content (AvgIpc) is 3.16. The van der Waals surface area contributed by atoms with Crippen LogP contribution in [0.2, 0.25) is 0 Å². The highest BCUT2D eigenvalue weighted by Gasteiger charge is 2.50. The maximum Gasteiger partial charge on any atom is 0.325 e. The van der Waals surface area contributed by atoms with Crippen molar-refractivity contribution in [2.45, 2.75) is 58.0 Å². The Kier molecular flexibility index (Phi) is 4.91. The Hall–Kier alpha value is -3.15. The second kappa shape index (κ2) is 7.22. The molecule has 31 heavy (non-hydrogen) atoms. The van der Waals surface area contributed by atoms with Crippen LogP contribution in [0.15, 0.2) is 48.5 Å². The lowest BCUT2D eigenvalue weighted by molar-refractivity contribution is -0.134. The van der Waals surface area contributed by atoms with Crippen molar-refractivity contribution in [1.29, 1.82) is 0 Å². The summed E-state index contributed by atoms with van der Waals surface area (Å²) in [5, 5.41) is 2.80. The number of fused-ring (bicyclic) bond motifs is 1. The molecule has 0 saturated carbocycles. The molecule has 2 aliphatic rings. The van der Waals surface area contributed by atoms with Gasteiger partial charge in [-0.3, -0.25) is 14.5 Å². The highest BCUT2D eigenvalue weighted by atomic mass is 16.2. The Morgan fingerprint density at radius 2 is 1.74 bits per heavy atom. The fraction of sp³-hybridized carbons (Fsp3) is 0.400. The Balaban J connectivity index is 1.55. The maximum absolute atomic E-state index is 13.3. The Morgan fingerprint density at radius 1 is 1.10 bits per heavy atom. The quantitative estimate of drug-likeness (QED) is 0.771. The molecule has 4 rings (SSSR count). The largest absolute Gasteiger partial charge is 0.325 e. The van der Waals surface area contributed by atoms with Gasteiger partial charge >= 0.3 is 6.03 Å². The highest BCUT2D eigenvalue weighted by molar-refractivity contribution is 6.10. The number of hydrogen-bond acceptors (Lipinski definition) is 3. The lowest BCUT2D eigenvalue weighted by atomic mass is 9.84. The fourth-order valence-electron chi connectivity index (χ4n) is 4.50. The number of nitrogens with zero attached hydrogens (tertiary/aromatic N) is 2. The van der Waals surface area contributed by atoms with E-state index >= 15 is 0 Å². The first kappa shape index (κ1) is 21.1. The van der Waals surface area contributed by atoms with Crippen LogP contribution in [-0.2, 0) is 27.0 Å². The van der Waals surface area contributed by atoms with Crippen LogP contribution in [0.5, 0.6) is 0 Å². The van der Waals surface area contributed by atoms with Gasteiger partial charge in [-0.15, -0.1) is 0 Å². The van der Waals surface area contributed by atoms with Crippen LogP contribution in [0.1, 0.15) is 51.3 Å². The topological polar surface area (TPSA) is 69.7 Å². The summed E-state index contributed by atoms with van der Waals surface area (Å²) in [4.78, 5) is 41.8. The number of carbonyl (C=O) groups is 3. The van der Waals surface area contributed by atoms with Gasteiger partial charge in [0.1, 0.15) is 12.1 Å². The van der Waals surface area contributed by atoms with Crippen LogP contribution >= 0.6 is 0 Å². The summed E-state index contributed by atoms with van der Waals surface area (Å²) in [5.41, 5.74) is 2.60. The van der Waals surface area contributed by atoms with E-state index in [1.807, 2.05) is 55.5 Å². The predicted octanol–water partition coefficient (Wildman–Crippen LogP) is 3.73. The van der Waals surface area contributed by atoms with Gasteiger partial charge in [0.25, 0.3) is 5.91 Å². The number of amides is 4. The second-order valence-electron chi connectivity index (χ2n) is 9.72. The third-order valence-electron chi connectivity index (χ3n) is 6.37. The van der Waals surface area contributed by atoms with Gasteiger partial charge in [-0.25, -0.2) is 4.79 Å². The second-order valence-corrected chi connectivity index (χ2v) is 9.72. The summed E-state index contributed by atoms with van der Waals surface area (Å²) in [5.74, 6) is -0.664. The van der Waals surface area contributed by atoms with E-state index in [1.54, 1.807) is 11.8 Å². The first-order valence-corrected chi connectivity index (χ1v) is 10.7. The third-order valence-corrected chi connectivity index (χ3v) is 6.37. The van der Waals surface area contributed by atoms with Crippen LogP contribution in [0.3, 0.4) is 0 Å². The van der Waals surface area contributed by atoms with E-state index in [1.165, 1.54) is 0 Å². The Morgan fingerprint density at radius 3 is 2.39 bits per heavy atom. The van der Waals surface area contributed by atoms with Crippen LogP contribution < -0.4 is 10.2 Å². The number of benzene rings is 2. The molecule has 2 aromatic carbocycles. The summed E-state index contributed by atoms with van der Waals surface area (Å²) >= 11 is 0. The molecule has 1 saturated heterocycles. The maximum atomic E-state index is 13.3. The van der Waals surface area contributed by atoms with Gasteiger partial charge in [0.2, 0.25) is 5.91 Å². The van der Waals surface area contributed by atoms with Crippen LogP contribution in [0.4, 0.5) is 10.5 Å². The fourth-order valence-corrected chi connectivity index (χ4v) is 4.50. The number of rotatable bonds is 3. The molecule has 162 valence electrons. The van der Waals surface area contributed by atoms with Crippen LogP contribution in [0.25, 0.3) is 0 Å². The lowest BCUT2D eigenvalue weighted by Gasteiger charge is -2.26. The van der Waals surface area contributed by atoms with E-state index in [0.717, 1.165) is 28.1 Å². The van der Waals surface area contributed by atoms with Gasteiger partial charge < -0.3 is 10.2 Å². The molecule has 0 bridgehead atoms. The monoisotopic (exact) mass is 419 g/mol. The minimum atomic E-state index is -1.19. The van der Waals surface area contributed by atoms with Crippen LogP contribution in [0, 0.1) is 0 Å². The molecule has 2 heterocycles. The highest BCUT2D eigenvalue weighted by Crippen LogP contribution is 2.34. The average molecular weight is 420 g/mol. The lowest BCUT2D eigenvalue weighted by Crippen LogP contribution is -2.46. The summed E-state index contributed by atoms with van der Waals surface area (Å²) in [6.07, 6.45) is 0.764. The molecular formula is C25H29N3O3. The first-order valence-electron chi connectivity index (χ1n) is 10.7. The molecule has 0 aromatic heterocycles. The van der Waals surface area contributed by atoms with Gasteiger partial charge in [-0.2, -0.15) is 0 Å². The molecule has 2 aliphatic heterocycles. The Bertz CT molecular complexity index is 1050. The zero-order valence-corrected chi connectivity index (χ0v) is 18.7. The first-order chi connectivity index (χ1) is 14.5. The van der Waals surface area contributed by atoms with Gasteiger partial charge in [0, 0.05) is 11.7 Å². The van der Waals surface area contributed by atoms with E-state index in [9.17, 15) is 14.4 Å². The molecule has 0 radical (unpaired) electrons. The van der Waals surface area contributed by atoms with Gasteiger partial charge in [-0.05, 0) is 48.4 Å². The molecule has 2 aromatic rings. The zero-order chi connectivity index (χ0) is 22.6. The molecule has 4 amide bonds. The molecule has 0 unspecified atom stereocenters. The molecule has 0 spiro atoms. The molecular weight excluding hydrogens is 390 g/mol. The normalized spacial score (nSPS) is 23.2. The summed E-state index contributed by atoms with van der Waals surface area (Å²) < 4.78 is 0. The van der Waals surface area contributed by atoms with Crippen LogP contribution in [-0.4, -0.2) is 35.3 Å². The number of hydrogen-bond donors (Lipinski definition) is 1. The summed E-state index contributed by atoms with van der Waals surface area (Å²) in [6, 6.07) is 14.9. The number of carbonyl (C=O) groups excluding carboxylic acids is 3. The van der Waals surface area contributed by atoms with Crippen molar-refractivity contribution in [3.63, 3.8) is 0 Å². The molecule has 0 aliphatic carbocycles. The van der Waals surface area contributed by atoms with Crippen molar-refractivity contribution in [3.05, 3.63) is 65.2 Å². The minimum Gasteiger partial charge on any atom is -0.319 e. The zero-order valence-electron chi connectivity index (χ0n) is 18.7. The minimum absolute atomic E-state index is 0.0104. The molecule has 6 heteroatoms. The summed E-state index contributed by atoms with van der Waals surface area (Å²) in [7, 11) is 0. The van der Waals surface area contributed by atoms with E-state index in [2.05, 4.69) is 26.1 Å². The third kappa shape index (κ3) is 3.50. The van der Waals surface area contributed by atoms with E-state index in [4.69, 9.17) is 0 Å². The molecule has 1 N–H and O–H groups in total. The van der Waals surface area contributed by atoms with Crippen molar-refractivity contribution < 1.29 is 14.4 Å². The van der Waals surface area contributed by atoms with E-state index < -0.39 is 17.5 Å². The number of urea groups is 1. The van der Waals surface area contributed by atoms with E-state index in [-0.39, 0.29) is 23.9 Å². The SMILES string of the molecule is C[C@H]1Cc2ccccc2N1C(=O)CN1C(=O)N[C@@](C)(c2ccc(C(C)(C)C)cc2)C1=O. The van der Waals surface area contributed by atoms with Crippen molar-refractivity contribution in [2.75, 3.05) is 11.4 Å². The van der Waals surface area contributed by atoms with Crippen molar-refractivity contribution in [1.82, 2.24) is 10.2 Å². The smallest absolute Gasteiger partial charge is 0.319 e. The number of para-hydroxylation sites is 1. The van der Waals surface area contributed by atoms with Gasteiger partial charge in [0.15, 0.2) is 0 Å². The van der Waals surface area contributed by atoms with Gasteiger partial charge in [0.05, 0.1) is 0 Å². The predicted molar refractivity (Wildman–Crippen MR) is 120 cm³/mol. The number of imide groups is 1. The number of nitrogens with one attached hydrogen (secondary N) is 1. The molecule has 6 nitrogen and oxygen atoms in total.